The Morgan fingerprint density at radius 2 is 1.84 bits per heavy atom. The summed E-state index contributed by atoms with van der Waals surface area (Å²) in [7, 11) is 0. The number of fused-ring (bicyclic) bond motifs is 3. The number of Topliss-reactive ketones (excluding diaryl/α,β-unsaturated/α-hetero) is 1. The van der Waals surface area contributed by atoms with E-state index < -0.39 is 5.97 Å². The van der Waals surface area contributed by atoms with Gasteiger partial charge in [0, 0.05) is 12.3 Å². The van der Waals surface area contributed by atoms with Crippen molar-refractivity contribution in [3.8, 4) is 0 Å². The highest BCUT2D eigenvalue weighted by molar-refractivity contribution is 5.82. The smallest absolute Gasteiger partial charge is 0.306 e. The molecule has 0 saturated heterocycles. The second-order valence-corrected chi connectivity index (χ2v) is 9.55. The second kappa shape index (κ2) is 7.40. The summed E-state index contributed by atoms with van der Waals surface area (Å²) in [4.78, 5) is 24.8. The zero-order valence-corrected chi connectivity index (χ0v) is 16.3. The third-order valence-electron chi connectivity index (χ3n) is 8.32. The van der Waals surface area contributed by atoms with E-state index in [1.54, 1.807) is 0 Å². The number of carboxylic acids is 1. The topological polar surface area (TPSA) is 54.4 Å². The Kier molecular flexibility index (Phi) is 5.60. The number of aliphatic carboxylic acids is 1. The largest absolute Gasteiger partial charge is 0.481 e. The van der Waals surface area contributed by atoms with E-state index in [-0.39, 0.29) is 23.2 Å². The second-order valence-electron chi connectivity index (χ2n) is 9.55. The van der Waals surface area contributed by atoms with Crippen LogP contribution in [-0.4, -0.2) is 16.9 Å². The lowest BCUT2D eigenvalue weighted by Crippen LogP contribution is -2.48. The maximum absolute atomic E-state index is 13.2. The SMILES string of the molecule is CC1CCCCCCC(=O)[C@@H]2[C@@H]1CCC1(C)C([C@H](C)C(=O)O)CC[C@@H]21. The van der Waals surface area contributed by atoms with Gasteiger partial charge in [0.05, 0.1) is 5.92 Å². The van der Waals surface area contributed by atoms with Crippen molar-refractivity contribution in [1.29, 1.82) is 0 Å². The fraction of sp³-hybridized carbons (Fsp3) is 0.909. The summed E-state index contributed by atoms with van der Waals surface area (Å²) in [6.07, 6.45) is 11.1. The van der Waals surface area contributed by atoms with Crippen LogP contribution in [0.1, 0.15) is 85.0 Å². The molecule has 0 aromatic carbocycles. The lowest BCUT2D eigenvalue weighted by Gasteiger charge is -2.50. The summed E-state index contributed by atoms with van der Waals surface area (Å²) in [5, 5.41) is 9.56. The molecule has 0 radical (unpaired) electrons. The van der Waals surface area contributed by atoms with Crippen LogP contribution in [0.2, 0.25) is 0 Å². The Bertz CT molecular complexity index is 513. The summed E-state index contributed by atoms with van der Waals surface area (Å²) in [5.41, 5.74) is 0.0401. The van der Waals surface area contributed by atoms with Gasteiger partial charge in [-0.15, -0.1) is 0 Å². The predicted molar refractivity (Wildman–Crippen MR) is 99.2 cm³/mol. The van der Waals surface area contributed by atoms with E-state index in [1.165, 1.54) is 25.7 Å². The lowest BCUT2D eigenvalue weighted by molar-refractivity contribution is -0.146. The number of rotatable bonds is 2. The van der Waals surface area contributed by atoms with Crippen LogP contribution >= 0.6 is 0 Å². The van der Waals surface area contributed by atoms with Gasteiger partial charge in [-0.25, -0.2) is 0 Å². The standard InChI is InChI=1S/C22H36O3/c1-14-8-6-4-5-7-9-19(23)20-16(14)12-13-22(3)17(10-11-18(20)22)15(2)21(24)25/h14-18,20H,4-13H2,1-3H3,(H,24,25)/t14?,15-,16+,17?,18-,20+,22?/m0/s1. The molecule has 0 aromatic heterocycles. The zero-order chi connectivity index (χ0) is 18.2. The van der Waals surface area contributed by atoms with Crippen LogP contribution in [0, 0.1) is 40.9 Å². The Morgan fingerprint density at radius 1 is 1.12 bits per heavy atom. The summed E-state index contributed by atoms with van der Waals surface area (Å²) < 4.78 is 0. The van der Waals surface area contributed by atoms with E-state index in [1.807, 2.05) is 6.92 Å². The zero-order valence-electron chi connectivity index (χ0n) is 16.3. The summed E-state index contributed by atoms with van der Waals surface area (Å²) in [6, 6.07) is 0. The van der Waals surface area contributed by atoms with Gasteiger partial charge in [0.25, 0.3) is 0 Å². The average Bonchev–Trinajstić information content (AvgIpc) is 2.92. The molecule has 0 aliphatic heterocycles. The van der Waals surface area contributed by atoms with Crippen molar-refractivity contribution >= 4 is 11.8 Å². The number of carbonyl (C=O) groups excluding carboxylic acids is 1. The highest BCUT2D eigenvalue weighted by Crippen LogP contribution is 2.62. The maximum Gasteiger partial charge on any atom is 0.306 e. The molecule has 3 nitrogen and oxygen atoms in total. The Balaban J connectivity index is 1.88. The first-order valence-electron chi connectivity index (χ1n) is 10.6. The Hall–Kier alpha value is -0.860. The molecule has 3 unspecified atom stereocenters. The summed E-state index contributed by atoms with van der Waals surface area (Å²) >= 11 is 0. The molecule has 0 bridgehead atoms. The van der Waals surface area contributed by atoms with Crippen molar-refractivity contribution in [2.45, 2.75) is 85.0 Å². The normalized spacial score (nSPS) is 43.8. The van der Waals surface area contributed by atoms with Crippen molar-refractivity contribution in [2.24, 2.45) is 40.9 Å². The van der Waals surface area contributed by atoms with Gasteiger partial charge in [-0.1, -0.05) is 46.5 Å². The molecular weight excluding hydrogens is 312 g/mol. The number of carbonyl (C=O) groups is 2. The van der Waals surface area contributed by atoms with Crippen molar-refractivity contribution in [3.63, 3.8) is 0 Å². The monoisotopic (exact) mass is 348 g/mol. The van der Waals surface area contributed by atoms with Gasteiger partial charge in [0.2, 0.25) is 0 Å². The van der Waals surface area contributed by atoms with Gasteiger partial charge >= 0.3 is 5.97 Å². The number of ketones is 1. The van der Waals surface area contributed by atoms with Gasteiger partial charge in [-0.2, -0.15) is 0 Å². The fourth-order valence-electron chi connectivity index (χ4n) is 6.80. The van der Waals surface area contributed by atoms with Crippen LogP contribution in [0.25, 0.3) is 0 Å². The number of hydrogen-bond acceptors (Lipinski definition) is 2. The first-order valence-corrected chi connectivity index (χ1v) is 10.6. The maximum atomic E-state index is 13.2. The van der Waals surface area contributed by atoms with Crippen molar-refractivity contribution in [3.05, 3.63) is 0 Å². The Labute approximate surface area is 153 Å². The van der Waals surface area contributed by atoms with E-state index in [2.05, 4.69) is 13.8 Å². The minimum Gasteiger partial charge on any atom is -0.481 e. The minimum absolute atomic E-state index is 0.0401. The van der Waals surface area contributed by atoms with Crippen LogP contribution < -0.4 is 0 Å². The fourth-order valence-corrected chi connectivity index (χ4v) is 6.80. The highest BCUT2D eigenvalue weighted by atomic mass is 16.4. The summed E-state index contributed by atoms with van der Waals surface area (Å²) in [5.74, 6) is 1.53. The summed E-state index contributed by atoms with van der Waals surface area (Å²) in [6.45, 7) is 6.55. The molecule has 142 valence electrons. The quantitative estimate of drug-likeness (QED) is 0.734. The van der Waals surface area contributed by atoms with Crippen LogP contribution in [0.5, 0.6) is 0 Å². The molecule has 3 aliphatic carbocycles. The molecule has 3 heteroatoms. The average molecular weight is 349 g/mol. The lowest BCUT2D eigenvalue weighted by atomic mass is 9.53. The highest BCUT2D eigenvalue weighted by Gasteiger charge is 2.57. The van der Waals surface area contributed by atoms with Gasteiger partial charge in [-0.3, -0.25) is 9.59 Å². The third-order valence-corrected chi connectivity index (χ3v) is 8.32. The van der Waals surface area contributed by atoms with Crippen molar-refractivity contribution in [1.82, 2.24) is 0 Å². The first-order chi connectivity index (χ1) is 11.9. The van der Waals surface area contributed by atoms with E-state index in [0.717, 1.165) is 38.5 Å². The Morgan fingerprint density at radius 3 is 2.56 bits per heavy atom. The molecule has 0 aromatic rings. The molecule has 0 heterocycles. The molecule has 0 amide bonds. The van der Waals surface area contributed by atoms with Crippen LogP contribution in [0.15, 0.2) is 0 Å². The molecule has 25 heavy (non-hydrogen) atoms. The molecule has 3 rings (SSSR count). The predicted octanol–water partition coefficient (Wildman–Crippen LogP) is 5.33. The van der Waals surface area contributed by atoms with Crippen molar-refractivity contribution < 1.29 is 14.7 Å². The van der Waals surface area contributed by atoms with Gasteiger partial charge in [0.1, 0.15) is 5.78 Å². The van der Waals surface area contributed by atoms with Gasteiger partial charge in [0.15, 0.2) is 0 Å². The molecular formula is C22H36O3. The molecule has 0 spiro atoms. The third kappa shape index (κ3) is 3.40. The van der Waals surface area contributed by atoms with Crippen molar-refractivity contribution in [2.75, 3.05) is 0 Å². The van der Waals surface area contributed by atoms with E-state index in [4.69, 9.17) is 0 Å². The molecule has 3 aliphatic rings. The molecule has 1 N–H and O–H groups in total. The van der Waals surface area contributed by atoms with Crippen LogP contribution in [0.4, 0.5) is 0 Å². The van der Waals surface area contributed by atoms with E-state index >= 15 is 0 Å². The number of hydrogen-bond donors (Lipinski definition) is 1. The molecule has 3 saturated carbocycles. The minimum atomic E-state index is -0.667. The van der Waals surface area contributed by atoms with Gasteiger partial charge in [-0.05, 0) is 61.2 Å². The van der Waals surface area contributed by atoms with Crippen LogP contribution in [-0.2, 0) is 9.59 Å². The van der Waals surface area contributed by atoms with Gasteiger partial charge < -0.3 is 5.11 Å². The first kappa shape index (κ1) is 18.9. The van der Waals surface area contributed by atoms with E-state index in [0.29, 0.717) is 23.5 Å². The van der Waals surface area contributed by atoms with Crippen LogP contribution in [0.3, 0.4) is 0 Å². The molecule has 3 fully saturated rings. The molecule has 7 atom stereocenters. The van der Waals surface area contributed by atoms with E-state index in [9.17, 15) is 14.7 Å². The number of carboxylic acid groups (broad SMARTS) is 1.